The van der Waals surface area contributed by atoms with Gasteiger partial charge in [0.05, 0.1) is 11.4 Å². The average Bonchev–Trinajstić information content (AvgIpc) is 3.61. The smallest absolute Gasteiger partial charge is 0.137 e. The molecule has 49 heavy (non-hydrogen) atoms. The molecule has 1 aliphatic rings. The van der Waals surface area contributed by atoms with Crippen molar-refractivity contribution in [2.75, 3.05) is 9.80 Å². The van der Waals surface area contributed by atoms with E-state index in [0.29, 0.717) is 0 Å². The molecule has 5 aromatic carbocycles. The zero-order chi connectivity index (χ0) is 33.1. The average molecular weight is 716 g/mol. The lowest BCUT2D eigenvalue weighted by Gasteiger charge is -2.29. The lowest BCUT2D eigenvalue weighted by atomic mass is 9.82. The number of thiophene rings is 1. The predicted octanol–water partition coefficient (Wildman–Crippen LogP) is 12.9. The Hall–Kier alpha value is -5.30. The van der Waals surface area contributed by atoms with E-state index in [-0.39, 0.29) is 5.41 Å². The minimum Gasteiger partial charge on any atom is -0.295 e. The molecule has 0 N–H and O–H groups in total. The van der Waals surface area contributed by atoms with E-state index in [1.54, 1.807) is 0 Å². The van der Waals surface area contributed by atoms with Gasteiger partial charge in [-0.1, -0.05) is 90.4 Å². The summed E-state index contributed by atoms with van der Waals surface area (Å²) in [4.78, 5) is 14.2. The molecule has 1 aliphatic carbocycles. The number of halogens is 1. The number of hydrogen-bond acceptors (Lipinski definition) is 5. The first-order chi connectivity index (χ1) is 24.0. The van der Waals surface area contributed by atoms with Crippen molar-refractivity contribution in [1.29, 1.82) is 0 Å². The summed E-state index contributed by atoms with van der Waals surface area (Å²) in [6, 6.07) is 49.6. The molecule has 236 valence electrons. The SMILES string of the molecule is CC1(C)c2ccccc2-c2ccc(N(c3cc(Br)cc(N(c4ccc5sc6ccccc6c5c4)c4ccccn4)c3)c3ccccn3)cc21. The van der Waals surface area contributed by atoms with Gasteiger partial charge < -0.3 is 0 Å². The van der Waals surface area contributed by atoms with Crippen LogP contribution < -0.4 is 9.80 Å². The highest BCUT2D eigenvalue weighted by atomic mass is 79.9. The molecule has 0 saturated carbocycles. The Morgan fingerprint density at radius 3 is 1.82 bits per heavy atom. The minimum absolute atomic E-state index is 0.125. The van der Waals surface area contributed by atoms with Crippen molar-refractivity contribution in [1.82, 2.24) is 9.97 Å². The number of pyridine rings is 2. The molecule has 3 aromatic heterocycles. The summed E-state index contributed by atoms with van der Waals surface area (Å²) in [6.45, 7) is 4.64. The third kappa shape index (κ3) is 5.02. The molecule has 6 heteroatoms. The summed E-state index contributed by atoms with van der Waals surface area (Å²) >= 11 is 5.73. The molecular formula is C43H31BrN4S. The first kappa shape index (κ1) is 29.8. The molecule has 0 spiro atoms. The highest BCUT2D eigenvalue weighted by Gasteiger charge is 2.36. The van der Waals surface area contributed by atoms with E-state index in [4.69, 9.17) is 9.97 Å². The summed E-state index contributed by atoms with van der Waals surface area (Å²) < 4.78 is 3.51. The molecule has 0 unspecified atom stereocenters. The van der Waals surface area contributed by atoms with Gasteiger partial charge in [0.2, 0.25) is 0 Å². The first-order valence-electron chi connectivity index (χ1n) is 16.3. The number of nitrogens with zero attached hydrogens (tertiary/aromatic N) is 4. The maximum atomic E-state index is 4.86. The van der Waals surface area contributed by atoms with Gasteiger partial charge in [0, 0.05) is 53.8 Å². The number of fused-ring (bicyclic) bond motifs is 6. The van der Waals surface area contributed by atoms with E-state index >= 15 is 0 Å². The number of aromatic nitrogens is 2. The molecule has 0 amide bonds. The van der Waals surface area contributed by atoms with Crippen molar-refractivity contribution in [2.45, 2.75) is 19.3 Å². The molecule has 3 heterocycles. The first-order valence-corrected chi connectivity index (χ1v) is 18.0. The molecule has 9 rings (SSSR count). The fourth-order valence-electron chi connectivity index (χ4n) is 7.30. The number of hydrogen-bond donors (Lipinski definition) is 0. The van der Waals surface area contributed by atoms with Crippen LogP contribution >= 0.6 is 27.3 Å². The Kier molecular flexibility index (Phi) is 7.11. The molecule has 4 nitrogen and oxygen atoms in total. The highest BCUT2D eigenvalue weighted by molar-refractivity contribution is 9.10. The monoisotopic (exact) mass is 714 g/mol. The summed E-state index contributed by atoms with van der Waals surface area (Å²) in [5, 5.41) is 2.51. The van der Waals surface area contributed by atoms with Crippen molar-refractivity contribution in [3.63, 3.8) is 0 Å². The van der Waals surface area contributed by atoms with Crippen LogP contribution in [0.25, 0.3) is 31.3 Å². The van der Waals surface area contributed by atoms with Crippen molar-refractivity contribution < 1.29 is 0 Å². The standard InChI is InChI=1S/C43H31BrN4S/c1-43(2)37-13-5-3-11-33(37)34-19-17-30(27-38(34)43)48(42-16-8-10-22-46-42)32-24-28(44)23-31(25-32)47(41-15-7-9-21-45-41)29-18-20-40-36(26-29)35-12-4-6-14-39(35)49-40/h3-27H,1-2H3. The Balaban J connectivity index is 1.23. The second kappa shape index (κ2) is 11.7. The van der Waals surface area contributed by atoms with Crippen molar-refractivity contribution in [2.24, 2.45) is 0 Å². The third-order valence-electron chi connectivity index (χ3n) is 9.58. The van der Waals surface area contributed by atoms with E-state index < -0.39 is 0 Å². The maximum Gasteiger partial charge on any atom is 0.137 e. The predicted molar refractivity (Wildman–Crippen MR) is 210 cm³/mol. The van der Waals surface area contributed by atoms with Crippen molar-refractivity contribution >= 4 is 81.8 Å². The van der Waals surface area contributed by atoms with E-state index in [2.05, 4.69) is 155 Å². The van der Waals surface area contributed by atoms with Crippen LogP contribution in [0.2, 0.25) is 0 Å². The number of anilines is 6. The molecule has 0 aliphatic heterocycles. The lowest BCUT2D eigenvalue weighted by molar-refractivity contribution is 0.660. The minimum atomic E-state index is -0.125. The van der Waals surface area contributed by atoms with Crippen LogP contribution in [0.1, 0.15) is 25.0 Å². The van der Waals surface area contributed by atoms with E-state index in [9.17, 15) is 0 Å². The van der Waals surface area contributed by atoms with Gasteiger partial charge in [-0.15, -0.1) is 11.3 Å². The summed E-state index contributed by atoms with van der Waals surface area (Å²) in [6.07, 6.45) is 3.71. The van der Waals surface area contributed by atoms with Gasteiger partial charge >= 0.3 is 0 Å². The van der Waals surface area contributed by atoms with Crippen molar-refractivity contribution in [3.8, 4) is 11.1 Å². The molecule has 0 fully saturated rings. The molecular weight excluding hydrogens is 684 g/mol. The van der Waals surface area contributed by atoms with Crippen molar-refractivity contribution in [3.05, 3.63) is 168 Å². The zero-order valence-electron chi connectivity index (χ0n) is 27.0. The molecule has 8 aromatic rings. The quantitative estimate of drug-likeness (QED) is 0.172. The third-order valence-corrected chi connectivity index (χ3v) is 11.2. The van der Waals surface area contributed by atoms with Gasteiger partial charge in [0.15, 0.2) is 0 Å². The van der Waals surface area contributed by atoms with Gasteiger partial charge in [0.1, 0.15) is 11.6 Å². The second-order valence-corrected chi connectivity index (χ2v) is 14.9. The van der Waals surface area contributed by atoms with Crippen LogP contribution in [-0.2, 0) is 5.41 Å². The van der Waals surface area contributed by atoms with Gasteiger partial charge in [-0.05, 0) is 101 Å². The normalized spacial score (nSPS) is 13.0. The van der Waals surface area contributed by atoms with Gasteiger partial charge in [-0.3, -0.25) is 9.80 Å². The lowest BCUT2D eigenvalue weighted by Crippen LogP contribution is -2.17. The zero-order valence-corrected chi connectivity index (χ0v) is 29.4. The summed E-state index contributed by atoms with van der Waals surface area (Å²) in [5.41, 5.74) is 9.21. The van der Waals surface area contributed by atoms with Gasteiger partial charge in [-0.25, -0.2) is 9.97 Å². The molecule has 0 bridgehead atoms. The Morgan fingerprint density at radius 2 is 1.10 bits per heavy atom. The van der Waals surface area contributed by atoms with Crippen LogP contribution in [-0.4, -0.2) is 9.97 Å². The Morgan fingerprint density at radius 1 is 0.510 bits per heavy atom. The van der Waals surface area contributed by atoms with Crippen LogP contribution in [0.4, 0.5) is 34.4 Å². The van der Waals surface area contributed by atoms with Crippen LogP contribution in [0.3, 0.4) is 0 Å². The second-order valence-electron chi connectivity index (χ2n) is 12.9. The fraction of sp³-hybridized carbons (Fsp3) is 0.0698. The van der Waals surface area contributed by atoms with E-state index in [1.807, 2.05) is 48.0 Å². The van der Waals surface area contributed by atoms with E-state index in [1.165, 1.54) is 42.4 Å². The maximum absolute atomic E-state index is 4.86. The Bertz CT molecular complexity index is 2510. The van der Waals surface area contributed by atoms with Crippen LogP contribution in [0, 0.1) is 0 Å². The van der Waals surface area contributed by atoms with Gasteiger partial charge in [-0.2, -0.15) is 0 Å². The summed E-state index contributed by atoms with van der Waals surface area (Å²) in [7, 11) is 0. The Labute approximate surface area is 298 Å². The van der Waals surface area contributed by atoms with Crippen LogP contribution in [0.15, 0.2) is 156 Å². The summed E-state index contributed by atoms with van der Waals surface area (Å²) in [5.74, 6) is 1.68. The molecule has 0 saturated heterocycles. The number of rotatable bonds is 6. The molecule has 0 radical (unpaired) electrons. The van der Waals surface area contributed by atoms with E-state index in [0.717, 1.165) is 38.9 Å². The fourth-order valence-corrected chi connectivity index (χ4v) is 8.86. The topological polar surface area (TPSA) is 32.3 Å². The largest absolute Gasteiger partial charge is 0.295 e. The van der Waals surface area contributed by atoms with Crippen LogP contribution in [0.5, 0.6) is 0 Å². The number of benzene rings is 5. The highest BCUT2D eigenvalue weighted by Crippen LogP contribution is 2.51. The molecule has 0 atom stereocenters. The van der Waals surface area contributed by atoms with Gasteiger partial charge in [0.25, 0.3) is 0 Å².